The summed E-state index contributed by atoms with van der Waals surface area (Å²) in [7, 11) is 2.32. The molecule has 2 heteroatoms. The van der Waals surface area contributed by atoms with E-state index in [-0.39, 0.29) is 0 Å². The molecule has 2 atom stereocenters. The minimum absolute atomic E-state index is 0.875. The molecule has 1 N–H and O–H groups in total. The third-order valence-electron chi connectivity index (χ3n) is 5.06. The first-order valence-corrected chi connectivity index (χ1v) is 7.79. The number of rotatable bonds is 5. The molecule has 2 nitrogen and oxygen atoms in total. The molecule has 0 radical (unpaired) electrons. The lowest BCUT2D eigenvalue weighted by Crippen LogP contribution is -2.42. The highest BCUT2D eigenvalue weighted by Gasteiger charge is 2.37. The molecule has 2 unspecified atom stereocenters. The Morgan fingerprint density at radius 2 is 1.79 bits per heavy atom. The molecule has 19 heavy (non-hydrogen) atoms. The Morgan fingerprint density at radius 3 is 2.47 bits per heavy atom. The molecule has 1 aromatic rings. The van der Waals surface area contributed by atoms with Crippen molar-refractivity contribution in [1.82, 2.24) is 10.2 Å². The van der Waals surface area contributed by atoms with Gasteiger partial charge in [0.05, 0.1) is 0 Å². The molecule has 2 aliphatic rings. The Hall–Kier alpha value is -0.860. The maximum absolute atomic E-state index is 3.67. The van der Waals surface area contributed by atoms with Crippen LogP contribution in [0, 0.1) is 5.92 Å². The van der Waals surface area contributed by atoms with Crippen molar-refractivity contribution in [2.75, 3.05) is 20.1 Å². The van der Waals surface area contributed by atoms with Crippen LogP contribution in [0.25, 0.3) is 0 Å². The zero-order chi connectivity index (χ0) is 13.1. The van der Waals surface area contributed by atoms with Crippen LogP contribution in [0.2, 0.25) is 0 Å². The molecular weight excluding hydrogens is 232 g/mol. The lowest BCUT2D eigenvalue weighted by Gasteiger charge is -2.36. The number of nitrogens with one attached hydrogen (secondary N) is 1. The van der Waals surface area contributed by atoms with Gasteiger partial charge in [0.15, 0.2) is 0 Å². The molecule has 0 aromatic heterocycles. The summed E-state index contributed by atoms with van der Waals surface area (Å²) in [4.78, 5) is 2.63. The van der Waals surface area contributed by atoms with Crippen molar-refractivity contribution >= 4 is 0 Å². The van der Waals surface area contributed by atoms with Crippen molar-refractivity contribution in [1.29, 1.82) is 0 Å². The monoisotopic (exact) mass is 258 g/mol. The van der Waals surface area contributed by atoms with Crippen LogP contribution in [0.15, 0.2) is 30.3 Å². The van der Waals surface area contributed by atoms with Crippen molar-refractivity contribution in [3.8, 4) is 0 Å². The summed E-state index contributed by atoms with van der Waals surface area (Å²) in [5.74, 6) is 0.907. The van der Waals surface area contributed by atoms with E-state index in [1.165, 1.54) is 37.8 Å². The van der Waals surface area contributed by atoms with E-state index in [0.29, 0.717) is 0 Å². The smallest absolute Gasteiger partial charge is 0.00988 e. The second kappa shape index (κ2) is 6.06. The van der Waals surface area contributed by atoms with Crippen molar-refractivity contribution in [3.63, 3.8) is 0 Å². The third kappa shape index (κ3) is 3.18. The second-order valence-corrected chi connectivity index (χ2v) is 6.33. The summed E-state index contributed by atoms with van der Waals surface area (Å²) in [6, 6.07) is 12.5. The molecule has 0 saturated carbocycles. The molecule has 2 fully saturated rings. The molecule has 2 bridgehead atoms. The van der Waals surface area contributed by atoms with Gasteiger partial charge in [-0.1, -0.05) is 30.3 Å². The third-order valence-corrected chi connectivity index (χ3v) is 5.06. The van der Waals surface area contributed by atoms with Crippen LogP contribution >= 0.6 is 0 Å². The van der Waals surface area contributed by atoms with Gasteiger partial charge in [-0.25, -0.2) is 0 Å². The van der Waals surface area contributed by atoms with Crippen LogP contribution < -0.4 is 5.32 Å². The molecule has 104 valence electrons. The minimum atomic E-state index is 0.875. The summed E-state index contributed by atoms with van der Waals surface area (Å²) in [6.07, 6.45) is 6.83. The largest absolute Gasteiger partial charge is 0.316 e. The van der Waals surface area contributed by atoms with Crippen molar-refractivity contribution < 1.29 is 0 Å². The standard InChI is InChI=1S/C17H26N2/c1-19-16-7-8-17(19)12-15(11-16)13-18-10-9-14-5-3-2-4-6-14/h2-6,15-18H,7-13H2,1H3. The van der Waals surface area contributed by atoms with Crippen LogP contribution in [0.5, 0.6) is 0 Å². The van der Waals surface area contributed by atoms with E-state index >= 15 is 0 Å². The van der Waals surface area contributed by atoms with Gasteiger partial charge in [-0.05, 0) is 63.7 Å². The fourth-order valence-corrected chi connectivity index (χ4v) is 3.87. The van der Waals surface area contributed by atoms with E-state index in [2.05, 4.69) is 47.6 Å². The summed E-state index contributed by atoms with van der Waals surface area (Å²) in [5.41, 5.74) is 1.44. The van der Waals surface area contributed by atoms with E-state index in [0.717, 1.165) is 31.0 Å². The zero-order valence-corrected chi connectivity index (χ0v) is 12.0. The fourth-order valence-electron chi connectivity index (χ4n) is 3.87. The average molecular weight is 258 g/mol. The first kappa shape index (κ1) is 13.1. The quantitative estimate of drug-likeness (QED) is 0.817. The molecule has 0 aliphatic carbocycles. The maximum atomic E-state index is 3.67. The van der Waals surface area contributed by atoms with Crippen LogP contribution in [-0.2, 0) is 6.42 Å². The Labute approximate surface area is 117 Å². The maximum Gasteiger partial charge on any atom is 0.00988 e. The van der Waals surface area contributed by atoms with Gasteiger partial charge >= 0.3 is 0 Å². The van der Waals surface area contributed by atoms with E-state index in [1.807, 2.05) is 0 Å². The minimum Gasteiger partial charge on any atom is -0.316 e. The van der Waals surface area contributed by atoms with Crippen LogP contribution in [0.3, 0.4) is 0 Å². The van der Waals surface area contributed by atoms with Gasteiger partial charge in [0.1, 0.15) is 0 Å². The Bertz CT molecular complexity index is 376. The van der Waals surface area contributed by atoms with E-state index in [4.69, 9.17) is 0 Å². The van der Waals surface area contributed by atoms with Gasteiger partial charge in [-0.3, -0.25) is 0 Å². The highest BCUT2D eigenvalue weighted by atomic mass is 15.2. The number of nitrogens with zero attached hydrogens (tertiary/aromatic N) is 1. The van der Waals surface area contributed by atoms with Gasteiger partial charge < -0.3 is 10.2 Å². The zero-order valence-electron chi connectivity index (χ0n) is 12.0. The molecule has 3 rings (SSSR count). The van der Waals surface area contributed by atoms with Gasteiger partial charge in [0, 0.05) is 12.1 Å². The van der Waals surface area contributed by atoms with E-state index < -0.39 is 0 Å². The number of piperidine rings is 1. The topological polar surface area (TPSA) is 15.3 Å². The van der Waals surface area contributed by atoms with E-state index in [1.54, 1.807) is 0 Å². The van der Waals surface area contributed by atoms with Crippen molar-refractivity contribution in [3.05, 3.63) is 35.9 Å². The summed E-state index contributed by atoms with van der Waals surface area (Å²) in [5, 5.41) is 3.67. The lowest BCUT2D eigenvalue weighted by molar-refractivity contribution is 0.133. The highest BCUT2D eigenvalue weighted by Crippen LogP contribution is 2.36. The molecule has 0 amide bonds. The molecule has 2 saturated heterocycles. The first-order chi connectivity index (χ1) is 9.33. The van der Waals surface area contributed by atoms with Crippen molar-refractivity contribution in [2.45, 2.75) is 44.2 Å². The summed E-state index contributed by atoms with van der Waals surface area (Å²) < 4.78 is 0. The average Bonchev–Trinajstić information content (AvgIpc) is 2.67. The Balaban J connectivity index is 1.37. The van der Waals surface area contributed by atoms with Crippen LogP contribution in [0.4, 0.5) is 0 Å². The number of fused-ring (bicyclic) bond motifs is 2. The first-order valence-electron chi connectivity index (χ1n) is 7.79. The lowest BCUT2D eigenvalue weighted by atomic mass is 9.91. The number of hydrogen-bond acceptors (Lipinski definition) is 2. The summed E-state index contributed by atoms with van der Waals surface area (Å²) in [6.45, 7) is 2.33. The molecule has 1 aromatic carbocycles. The second-order valence-electron chi connectivity index (χ2n) is 6.33. The molecular formula is C17H26N2. The van der Waals surface area contributed by atoms with Gasteiger partial charge in [-0.2, -0.15) is 0 Å². The van der Waals surface area contributed by atoms with E-state index in [9.17, 15) is 0 Å². The summed E-state index contributed by atoms with van der Waals surface area (Å²) >= 11 is 0. The predicted octanol–water partition coefficient (Wildman–Crippen LogP) is 2.69. The normalized spacial score (nSPS) is 30.7. The Kier molecular flexibility index (Phi) is 4.19. The molecule has 2 heterocycles. The van der Waals surface area contributed by atoms with Gasteiger partial charge in [0.2, 0.25) is 0 Å². The number of hydrogen-bond donors (Lipinski definition) is 1. The van der Waals surface area contributed by atoms with Crippen molar-refractivity contribution in [2.24, 2.45) is 5.92 Å². The highest BCUT2D eigenvalue weighted by molar-refractivity contribution is 5.14. The van der Waals surface area contributed by atoms with Crippen LogP contribution in [-0.4, -0.2) is 37.1 Å². The molecule has 2 aliphatic heterocycles. The van der Waals surface area contributed by atoms with Gasteiger partial charge in [-0.15, -0.1) is 0 Å². The SMILES string of the molecule is CN1C2CCC1CC(CNCCc1ccccc1)C2. The molecule has 0 spiro atoms. The van der Waals surface area contributed by atoms with Crippen LogP contribution in [0.1, 0.15) is 31.2 Å². The van der Waals surface area contributed by atoms with Gasteiger partial charge in [0.25, 0.3) is 0 Å². The fraction of sp³-hybridized carbons (Fsp3) is 0.647. The Morgan fingerprint density at radius 1 is 1.11 bits per heavy atom. The number of benzene rings is 1. The predicted molar refractivity (Wildman–Crippen MR) is 80.3 cm³/mol.